The van der Waals surface area contributed by atoms with Crippen LogP contribution >= 0.6 is 0 Å². The molecule has 5 heteroatoms. The third-order valence-electron chi connectivity index (χ3n) is 2.57. The minimum Gasteiger partial charge on any atom is -0.497 e. The number of ether oxygens (including phenoxy) is 1. The zero-order chi connectivity index (χ0) is 12.3. The fourth-order valence-corrected chi connectivity index (χ4v) is 1.39. The molecule has 0 aliphatic carbocycles. The Morgan fingerprint density at radius 2 is 2.06 bits per heavy atom. The average molecular weight is 233 g/mol. The van der Waals surface area contributed by atoms with Gasteiger partial charge in [0, 0.05) is 18.0 Å². The van der Waals surface area contributed by atoms with Crippen molar-refractivity contribution in [2.45, 2.75) is 12.8 Å². The standard InChI is InChI=1S/C12H15N3O2/c1-8(7-13)12-14-11(15-17-12)9-3-5-10(16-2)6-4-9/h3-6,8H,7,13H2,1-2H3. The van der Waals surface area contributed by atoms with E-state index in [0.717, 1.165) is 11.3 Å². The first-order chi connectivity index (χ1) is 8.24. The Bertz CT molecular complexity index is 479. The molecule has 0 saturated carbocycles. The van der Waals surface area contributed by atoms with E-state index >= 15 is 0 Å². The van der Waals surface area contributed by atoms with Crippen LogP contribution in [0.5, 0.6) is 5.75 Å². The molecule has 0 aliphatic rings. The predicted octanol–water partition coefficient (Wildman–Crippen LogP) is 1.81. The van der Waals surface area contributed by atoms with Gasteiger partial charge < -0.3 is 15.0 Å². The molecule has 1 aromatic carbocycles. The molecule has 5 nitrogen and oxygen atoms in total. The Labute approximate surface area is 99.6 Å². The van der Waals surface area contributed by atoms with Gasteiger partial charge in [-0.15, -0.1) is 0 Å². The van der Waals surface area contributed by atoms with Crippen molar-refractivity contribution in [2.75, 3.05) is 13.7 Å². The van der Waals surface area contributed by atoms with Crippen LogP contribution in [0.2, 0.25) is 0 Å². The summed E-state index contributed by atoms with van der Waals surface area (Å²) in [4.78, 5) is 4.31. The molecule has 2 rings (SSSR count). The van der Waals surface area contributed by atoms with Gasteiger partial charge in [-0.2, -0.15) is 4.98 Å². The molecule has 0 fully saturated rings. The lowest BCUT2D eigenvalue weighted by atomic mass is 10.2. The van der Waals surface area contributed by atoms with E-state index in [1.807, 2.05) is 31.2 Å². The topological polar surface area (TPSA) is 74.2 Å². The molecule has 1 heterocycles. The molecule has 0 spiro atoms. The zero-order valence-corrected chi connectivity index (χ0v) is 9.88. The maximum Gasteiger partial charge on any atom is 0.231 e. The third-order valence-corrected chi connectivity index (χ3v) is 2.57. The SMILES string of the molecule is COc1ccc(-c2noc(C(C)CN)n2)cc1. The van der Waals surface area contributed by atoms with Crippen molar-refractivity contribution >= 4 is 0 Å². The van der Waals surface area contributed by atoms with Gasteiger partial charge in [-0.3, -0.25) is 0 Å². The Morgan fingerprint density at radius 3 is 2.65 bits per heavy atom. The van der Waals surface area contributed by atoms with Gasteiger partial charge in [-0.1, -0.05) is 12.1 Å². The number of hydrogen-bond acceptors (Lipinski definition) is 5. The Kier molecular flexibility index (Phi) is 3.39. The number of aromatic nitrogens is 2. The van der Waals surface area contributed by atoms with E-state index in [1.165, 1.54) is 0 Å². The van der Waals surface area contributed by atoms with Crippen molar-refractivity contribution in [1.82, 2.24) is 10.1 Å². The first kappa shape index (κ1) is 11.6. The van der Waals surface area contributed by atoms with Crippen LogP contribution in [0.4, 0.5) is 0 Å². The fourth-order valence-electron chi connectivity index (χ4n) is 1.39. The first-order valence-corrected chi connectivity index (χ1v) is 5.42. The highest BCUT2D eigenvalue weighted by molar-refractivity contribution is 5.55. The van der Waals surface area contributed by atoms with Crippen LogP contribution in [0.15, 0.2) is 28.8 Å². The van der Waals surface area contributed by atoms with Gasteiger partial charge in [0.05, 0.1) is 7.11 Å². The van der Waals surface area contributed by atoms with E-state index in [-0.39, 0.29) is 5.92 Å². The second kappa shape index (κ2) is 4.97. The molecule has 17 heavy (non-hydrogen) atoms. The van der Waals surface area contributed by atoms with Gasteiger partial charge in [0.15, 0.2) is 0 Å². The van der Waals surface area contributed by atoms with Gasteiger partial charge in [0.1, 0.15) is 5.75 Å². The monoisotopic (exact) mass is 233 g/mol. The number of hydrogen-bond donors (Lipinski definition) is 1. The van der Waals surface area contributed by atoms with Gasteiger partial charge >= 0.3 is 0 Å². The quantitative estimate of drug-likeness (QED) is 0.871. The van der Waals surface area contributed by atoms with Gasteiger partial charge in [-0.05, 0) is 24.3 Å². The van der Waals surface area contributed by atoms with Gasteiger partial charge in [-0.25, -0.2) is 0 Å². The van der Waals surface area contributed by atoms with E-state index < -0.39 is 0 Å². The maximum absolute atomic E-state index is 5.55. The van der Waals surface area contributed by atoms with Gasteiger partial charge in [0.2, 0.25) is 11.7 Å². The summed E-state index contributed by atoms with van der Waals surface area (Å²) in [6.07, 6.45) is 0. The van der Waals surface area contributed by atoms with Crippen LogP contribution in [0.25, 0.3) is 11.4 Å². The van der Waals surface area contributed by atoms with Crippen molar-refractivity contribution in [3.63, 3.8) is 0 Å². The van der Waals surface area contributed by atoms with Crippen molar-refractivity contribution in [2.24, 2.45) is 5.73 Å². The van der Waals surface area contributed by atoms with E-state index in [1.54, 1.807) is 7.11 Å². The molecule has 0 saturated heterocycles. The molecule has 1 unspecified atom stereocenters. The lowest BCUT2D eigenvalue weighted by molar-refractivity contribution is 0.361. The molecular weight excluding hydrogens is 218 g/mol. The molecule has 2 N–H and O–H groups in total. The summed E-state index contributed by atoms with van der Waals surface area (Å²) in [6, 6.07) is 7.50. The normalized spacial score (nSPS) is 12.4. The molecular formula is C12H15N3O2. The summed E-state index contributed by atoms with van der Waals surface area (Å²) in [5, 5.41) is 3.93. The third kappa shape index (κ3) is 2.45. The van der Waals surface area contributed by atoms with Crippen molar-refractivity contribution in [3.05, 3.63) is 30.2 Å². The Morgan fingerprint density at radius 1 is 1.35 bits per heavy atom. The summed E-state index contributed by atoms with van der Waals surface area (Å²) in [5.41, 5.74) is 6.44. The van der Waals surface area contributed by atoms with Crippen molar-refractivity contribution in [1.29, 1.82) is 0 Å². The van der Waals surface area contributed by atoms with Crippen LogP contribution in [0.1, 0.15) is 18.7 Å². The summed E-state index contributed by atoms with van der Waals surface area (Å²) in [7, 11) is 1.63. The minimum atomic E-state index is 0.0782. The molecule has 1 atom stereocenters. The highest BCUT2D eigenvalue weighted by Crippen LogP contribution is 2.21. The number of rotatable bonds is 4. The number of benzene rings is 1. The molecule has 0 aliphatic heterocycles. The number of nitrogens with two attached hydrogens (primary N) is 1. The number of nitrogens with zero attached hydrogens (tertiary/aromatic N) is 2. The summed E-state index contributed by atoms with van der Waals surface area (Å²) < 4.78 is 10.2. The lowest BCUT2D eigenvalue weighted by Gasteiger charge is -2.00. The molecule has 90 valence electrons. The first-order valence-electron chi connectivity index (χ1n) is 5.42. The zero-order valence-electron chi connectivity index (χ0n) is 9.88. The van der Waals surface area contributed by atoms with Crippen molar-refractivity contribution in [3.8, 4) is 17.1 Å². The molecule has 2 aromatic rings. The molecule has 0 amide bonds. The molecule has 0 radical (unpaired) electrons. The molecule has 1 aromatic heterocycles. The van der Waals surface area contributed by atoms with Crippen molar-refractivity contribution < 1.29 is 9.26 Å². The summed E-state index contributed by atoms with van der Waals surface area (Å²) in [6.45, 7) is 2.44. The Hall–Kier alpha value is -1.88. The second-order valence-corrected chi connectivity index (χ2v) is 3.82. The summed E-state index contributed by atoms with van der Waals surface area (Å²) in [5.74, 6) is 2.02. The second-order valence-electron chi connectivity index (χ2n) is 3.82. The van der Waals surface area contributed by atoms with E-state index in [9.17, 15) is 0 Å². The largest absolute Gasteiger partial charge is 0.497 e. The van der Waals surface area contributed by atoms with Crippen LogP contribution < -0.4 is 10.5 Å². The lowest BCUT2D eigenvalue weighted by Crippen LogP contribution is -2.08. The van der Waals surface area contributed by atoms with E-state index in [2.05, 4.69) is 10.1 Å². The predicted molar refractivity (Wildman–Crippen MR) is 63.8 cm³/mol. The average Bonchev–Trinajstić information content (AvgIpc) is 2.87. The van der Waals surface area contributed by atoms with Crippen LogP contribution in [0.3, 0.4) is 0 Å². The smallest absolute Gasteiger partial charge is 0.231 e. The van der Waals surface area contributed by atoms with Crippen LogP contribution in [-0.4, -0.2) is 23.8 Å². The minimum absolute atomic E-state index is 0.0782. The molecule has 0 bridgehead atoms. The van der Waals surface area contributed by atoms with E-state index in [4.69, 9.17) is 15.0 Å². The Balaban J connectivity index is 2.24. The fraction of sp³-hybridized carbons (Fsp3) is 0.333. The highest BCUT2D eigenvalue weighted by Gasteiger charge is 2.13. The van der Waals surface area contributed by atoms with E-state index in [0.29, 0.717) is 18.3 Å². The maximum atomic E-state index is 5.55. The highest BCUT2D eigenvalue weighted by atomic mass is 16.5. The number of methoxy groups -OCH3 is 1. The summed E-state index contributed by atoms with van der Waals surface area (Å²) >= 11 is 0. The van der Waals surface area contributed by atoms with Crippen LogP contribution in [-0.2, 0) is 0 Å². The van der Waals surface area contributed by atoms with Gasteiger partial charge in [0.25, 0.3) is 0 Å². The van der Waals surface area contributed by atoms with Crippen LogP contribution in [0, 0.1) is 0 Å².